The molecule has 1 unspecified atom stereocenters. The van der Waals surface area contributed by atoms with Crippen molar-refractivity contribution in [3.05, 3.63) is 155 Å². The molecule has 0 aliphatic heterocycles. The van der Waals surface area contributed by atoms with Gasteiger partial charge < -0.3 is 0 Å². The second-order valence-corrected chi connectivity index (χ2v) is 9.28. The van der Waals surface area contributed by atoms with Gasteiger partial charge >= 0.3 is 0 Å². The van der Waals surface area contributed by atoms with Crippen LogP contribution in [0.5, 0.6) is 0 Å². The molecule has 0 nitrogen and oxygen atoms in total. The van der Waals surface area contributed by atoms with Crippen molar-refractivity contribution in [1.82, 2.24) is 0 Å². The smallest absolute Gasteiger partial charge is 0.0494 e. The fraction of sp³-hybridized carbons (Fsp3) is 0.188. The topological polar surface area (TPSA) is 0 Å². The first-order chi connectivity index (χ1) is 15.6. The van der Waals surface area contributed by atoms with E-state index in [-0.39, 0.29) is 16.2 Å². The Bertz CT molecular complexity index is 1170. The first kappa shape index (κ1) is 20.5. The number of allylic oxidation sites excluding steroid dienone is 8. The highest BCUT2D eigenvalue weighted by molar-refractivity contribution is 5.64. The van der Waals surface area contributed by atoms with Crippen molar-refractivity contribution in [2.75, 3.05) is 0 Å². The zero-order valence-electron chi connectivity index (χ0n) is 19.1. The van der Waals surface area contributed by atoms with Crippen LogP contribution in [0.2, 0.25) is 0 Å². The summed E-state index contributed by atoms with van der Waals surface area (Å²) in [5.41, 5.74) is 5.79. The second-order valence-electron chi connectivity index (χ2n) is 9.28. The predicted molar refractivity (Wildman–Crippen MR) is 136 cm³/mol. The lowest BCUT2D eigenvalue weighted by atomic mass is 9.43. The molecule has 1 atom stereocenters. The van der Waals surface area contributed by atoms with Gasteiger partial charge in [0.15, 0.2) is 0 Å². The van der Waals surface area contributed by atoms with E-state index in [4.69, 9.17) is 0 Å². The van der Waals surface area contributed by atoms with Crippen molar-refractivity contribution in [2.45, 2.75) is 31.6 Å². The molecule has 0 saturated carbocycles. The van der Waals surface area contributed by atoms with E-state index in [1.807, 2.05) is 0 Å². The molecule has 3 aromatic carbocycles. The van der Waals surface area contributed by atoms with Gasteiger partial charge in [0.1, 0.15) is 0 Å². The molecule has 0 heteroatoms. The molecule has 0 fully saturated rings. The summed E-state index contributed by atoms with van der Waals surface area (Å²) in [7, 11) is 0. The Kier molecular flexibility index (Phi) is 4.90. The summed E-state index contributed by atoms with van der Waals surface area (Å²) in [5.74, 6) is 0. The maximum atomic E-state index is 2.45. The fourth-order valence-electron chi connectivity index (χ4n) is 6.25. The largest absolute Gasteiger partial charge is 0.0730 e. The molecular weight excluding hydrogens is 384 g/mol. The summed E-state index contributed by atoms with van der Waals surface area (Å²) in [6, 6.07) is 33.3. The number of benzene rings is 3. The van der Waals surface area contributed by atoms with Crippen molar-refractivity contribution < 1.29 is 0 Å². The summed E-state index contributed by atoms with van der Waals surface area (Å²) in [5, 5.41) is 0. The van der Waals surface area contributed by atoms with Crippen LogP contribution < -0.4 is 0 Å². The fourth-order valence-corrected chi connectivity index (χ4v) is 6.25. The Morgan fingerprint density at radius 3 is 1.50 bits per heavy atom. The average Bonchev–Trinajstić information content (AvgIpc) is 3.44. The quantitative estimate of drug-likeness (QED) is 0.397. The van der Waals surface area contributed by atoms with Gasteiger partial charge in [0, 0.05) is 16.2 Å². The minimum Gasteiger partial charge on any atom is -0.0730 e. The molecule has 0 bridgehead atoms. The molecule has 5 rings (SSSR count). The van der Waals surface area contributed by atoms with Gasteiger partial charge in [-0.05, 0) is 30.5 Å². The lowest BCUT2D eigenvalue weighted by molar-refractivity contribution is 0.223. The molecule has 3 aromatic rings. The second kappa shape index (κ2) is 7.64. The molecule has 0 radical (unpaired) electrons. The SMILES string of the molecule is CC1=C(C)C(C)(C(c2ccccc2)(c2ccccc2)C2(c3ccccc3)C=CC=C2)C=C1. The molecule has 2 aliphatic carbocycles. The van der Waals surface area contributed by atoms with Gasteiger partial charge in [0.05, 0.1) is 0 Å². The van der Waals surface area contributed by atoms with Crippen LogP contribution in [0, 0.1) is 5.41 Å². The predicted octanol–water partition coefficient (Wildman–Crippen LogP) is 7.95. The summed E-state index contributed by atoms with van der Waals surface area (Å²) in [4.78, 5) is 0. The van der Waals surface area contributed by atoms with Gasteiger partial charge in [0.25, 0.3) is 0 Å². The zero-order chi connectivity index (χ0) is 22.2. The third kappa shape index (κ3) is 2.62. The Morgan fingerprint density at radius 1 is 0.594 bits per heavy atom. The average molecular weight is 415 g/mol. The Morgan fingerprint density at radius 2 is 1.06 bits per heavy atom. The first-order valence-electron chi connectivity index (χ1n) is 11.5. The maximum Gasteiger partial charge on any atom is 0.0494 e. The monoisotopic (exact) mass is 414 g/mol. The molecule has 0 saturated heterocycles. The molecule has 0 amide bonds. The molecule has 0 heterocycles. The van der Waals surface area contributed by atoms with Crippen LogP contribution in [0.4, 0.5) is 0 Å². The minimum absolute atomic E-state index is 0.228. The van der Waals surface area contributed by atoms with Crippen LogP contribution in [0.1, 0.15) is 37.5 Å². The van der Waals surface area contributed by atoms with Gasteiger partial charge in [-0.15, -0.1) is 0 Å². The zero-order valence-corrected chi connectivity index (χ0v) is 19.1. The van der Waals surface area contributed by atoms with E-state index >= 15 is 0 Å². The van der Waals surface area contributed by atoms with Crippen molar-refractivity contribution in [3.8, 4) is 0 Å². The Hall–Kier alpha value is -3.38. The highest BCUT2D eigenvalue weighted by Gasteiger charge is 2.62. The van der Waals surface area contributed by atoms with Crippen molar-refractivity contribution in [1.29, 1.82) is 0 Å². The lowest BCUT2D eigenvalue weighted by Crippen LogP contribution is -2.57. The molecule has 0 aromatic heterocycles. The first-order valence-corrected chi connectivity index (χ1v) is 11.5. The summed E-state index contributed by atoms with van der Waals surface area (Å²) >= 11 is 0. The van der Waals surface area contributed by atoms with E-state index < -0.39 is 0 Å². The van der Waals surface area contributed by atoms with Crippen molar-refractivity contribution in [3.63, 3.8) is 0 Å². The van der Waals surface area contributed by atoms with Crippen LogP contribution in [-0.4, -0.2) is 0 Å². The molecule has 2 aliphatic rings. The summed E-state index contributed by atoms with van der Waals surface area (Å²) in [6.45, 7) is 6.99. The van der Waals surface area contributed by atoms with Gasteiger partial charge in [-0.3, -0.25) is 0 Å². The normalized spacial score (nSPS) is 21.5. The Labute approximate surface area is 192 Å². The molecule has 32 heavy (non-hydrogen) atoms. The lowest BCUT2D eigenvalue weighted by Gasteiger charge is -2.57. The number of hydrogen-bond acceptors (Lipinski definition) is 0. The van der Waals surface area contributed by atoms with E-state index in [1.165, 1.54) is 27.8 Å². The van der Waals surface area contributed by atoms with Crippen LogP contribution >= 0.6 is 0 Å². The highest BCUT2D eigenvalue weighted by atomic mass is 14.6. The van der Waals surface area contributed by atoms with Gasteiger partial charge in [0.2, 0.25) is 0 Å². The molecule has 0 N–H and O–H groups in total. The third-order valence-electron chi connectivity index (χ3n) is 7.93. The Balaban J connectivity index is 2.00. The van der Waals surface area contributed by atoms with E-state index in [0.29, 0.717) is 0 Å². The molecule has 158 valence electrons. The van der Waals surface area contributed by atoms with Crippen LogP contribution in [-0.2, 0) is 10.8 Å². The van der Waals surface area contributed by atoms with Gasteiger partial charge in [-0.1, -0.05) is 146 Å². The van der Waals surface area contributed by atoms with E-state index in [2.05, 4.69) is 148 Å². The summed E-state index contributed by atoms with van der Waals surface area (Å²) in [6.07, 6.45) is 14.0. The third-order valence-corrected chi connectivity index (χ3v) is 7.93. The molecule has 0 spiro atoms. The van der Waals surface area contributed by atoms with E-state index in [9.17, 15) is 0 Å². The standard InChI is InChI=1S/C32H30/c1-25-21-24-30(3,26(25)2)32(28-17-9-5-10-18-28,29-19-11-6-12-20-29)31(22-13-14-23-31)27-15-7-4-8-16-27/h4-24H,1-3H3. The number of rotatable bonds is 5. The van der Waals surface area contributed by atoms with E-state index in [1.54, 1.807) is 0 Å². The maximum absolute atomic E-state index is 2.45. The van der Waals surface area contributed by atoms with Crippen LogP contribution in [0.3, 0.4) is 0 Å². The number of hydrogen-bond donors (Lipinski definition) is 0. The van der Waals surface area contributed by atoms with Crippen molar-refractivity contribution in [2.24, 2.45) is 5.41 Å². The van der Waals surface area contributed by atoms with Crippen molar-refractivity contribution >= 4 is 0 Å². The highest BCUT2D eigenvalue weighted by Crippen LogP contribution is 2.65. The van der Waals surface area contributed by atoms with Crippen LogP contribution in [0.25, 0.3) is 0 Å². The van der Waals surface area contributed by atoms with Crippen LogP contribution in [0.15, 0.2) is 139 Å². The minimum atomic E-state index is -0.383. The van der Waals surface area contributed by atoms with Gasteiger partial charge in [-0.25, -0.2) is 0 Å². The van der Waals surface area contributed by atoms with E-state index in [0.717, 1.165) is 0 Å². The molecular formula is C32H30. The summed E-state index contributed by atoms with van der Waals surface area (Å²) < 4.78 is 0. The van der Waals surface area contributed by atoms with Gasteiger partial charge in [-0.2, -0.15) is 0 Å².